The molecule has 1 aliphatic heterocycles. The molecule has 1 aliphatic rings. The zero-order valence-corrected chi connectivity index (χ0v) is 19.4. The minimum absolute atomic E-state index is 0.0686. The molecular weight excluding hydrogens is 428 g/mol. The zero-order valence-electron chi connectivity index (χ0n) is 19.4. The van der Waals surface area contributed by atoms with Gasteiger partial charge in [-0.15, -0.1) is 0 Å². The van der Waals surface area contributed by atoms with Gasteiger partial charge in [-0.3, -0.25) is 5.01 Å². The van der Waals surface area contributed by atoms with E-state index in [1.807, 2.05) is 35.3 Å². The summed E-state index contributed by atoms with van der Waals surface area (Å²) in [5, 5.41) is 20.2. The van der Waals surface area contributed by atoms with Crippen LogP contribution in [0, 0.1) is 0 Å². The summed E-state index contributed by atoms with van der Waals surface area (Å²) in [6.07, 6.45) is 0.585. The lowest BCUT2D eigenvalue weighted by Crippen LogP contribution is -2.18. The van der Waals surface area contributed by atoms with Gasteiger partial charge in [-0.05, 0) is 28.5 Å². The molecular formula is C28H26N2O4. The molecule has 1 atom stereocenters. The Hall–Kier alpha value is -4.19. The number of methoxy groups -OCH3 is 3. The molecule has 0 amide bonds. The highest BCUT2D eigenvalue weighted by Gasteiger charge is 2.33. The first-order valence-corrected chi connectivity index (χ1v) is 11.1. The van der Waals surface area contributed by atoms with Gasteiger partial charge in [0, 0.05) is 24.6 Å². The van der Waals surface area contributed by atoms with Gasteiger partial charge < -0.3 is 19.3 Å². The number of benzene rings is 4. The van der Waals surface area contributed by atoms with Crippen LogP contribution in [0.4, 0.5) is 5.69 Å². The molecule has 0 fully saturated rings. The van der Waals surface area contributed by atoms with E-state index in [0.717, 1.165) is 22.7 Å². The van der Waals surface area contributed by atoms with E-state index in [2.05, 4.69) is 36.4 Å². The summed E-state index contributed by atoms with van der Waals surface area (Å²) >= 11 is 0. The molecule has 0 aromatic heterocycles. The first kappa shape index (κ1) is 21.6. The first-order valence-electron chi connectivity index (χ1n) is 11.1. The third kappa shape index (κ3) is 3.77. The molecule has 1 N–H and O–H groups in total. The molecule has 0 radical (unpaired) electrons. The molecule has 0 bridgehead atoms. The first-order chi connectivity index (χ1) is 16.6. The monoisotopic (exact) mass is 454 g/mol. The fraction of sp³-hybridized carbons (Fsp3) is 0.179. The Balaban J connectivity index is 1.68. The van der Waals surface area contributed by atoms with Crippen LogP contribution in [0.3, 0.4) is 0 Å². The molecule has 5 rings (SSSR count). The Morgan fingerprint density at radius 3 is 2.38 bits per heavy atom. The van der Waals surface area contributed by atoms with Gasteiger partial charge in [0.2, 0.25) is 0 Å². The summed E-state index contributed by atoms with van der Waals surface area (Å²) in [6, 6.07) is 25.8. The number of ether oxygens (including phenoxy) is 3. The van der Waals surface area contributed by atoms with Crippen molar-refractivity contribution < 1.29 is 19.3 Å². The third-order valence-electron chi connectivity index (χ3n) is 6.21. The van der Waals surface area contributed by atoms with Crippen molar-refractivity contribution >= 4 is 22.2 Å². The largest absolute Gasteiger partial charge is 0.507 e. The fourth-order valence-corrected chi connectivity index (χ4v) is 4.58. The highest BCUT2D eigenvalue weighted by Crippen LogP contribution is 2.43. The van der Waals surface area contributed by atoms with Crippen molar-refractivity contribution in [2.24, 2.45) is 5.10 Å². The maximum absolute atomic E-state index is 10.9. The van der Waals surface area contributed by atoms with E-state index in [1.165, 1.54) is 10.8 Å². The molecule has 1 heterocycles. The lowest BCUT2D eigenvalue weighted by atomic mass is 9.93. The quantitative estimate of drug-likeness (QED) is 0.391. The van der Waals surface area contributed by atoms with E-state index in [-0.39, 0.29) is 11.8 Å². The molecule has 1 unspecified atom stereocenters. The molecule has 172 valence electrons. The van der Waals surface area contributed by atoms with Crippen LogP contribution in [0.5, 0.6) is 23.0 Å². The second-order valence-electron chi connectivity index (χ2n) is 8.10. The minimum atomic E-state index is -0.0839. The van der Waals surface area contributed by atoms with Gasteiger partial charge in [-0.2, -0.15) is 5.10 Å². The maximum Gasteiger partial charge on any atom is 0.135 e. The Labute approximate surface area is 198 Å². The Kier molecular flexibility index (Phi) is 5.72. The van der Waals surface area contributed by atoms with E-state index in [4.69, 9.17) is 19.3 Å². The SMILES string of the molecule is COc1cccc(N2N=C(c3c(O)cc(OC)cc3OC)CC2c2cccc3ccccc23)c1. The van der Waals surface area contributed by atoms with Gasteiger partial charge in [-0.25, -0.2) is 0 Å². The molecule has 0 spiro atoms. The maximum atomic E-state index is 10.9. The van der Waals surface area contributed by atoms with Crippen molar-refractivity contribution in [2.75, 3.05) is 26.3 Å². The zero-order chi connectivity index (χ0) is 23.7. The summed E-state index contributed by atoms with van der Waals surface area (Å²) < 4.78 is 16.4. The van der Waals surface area contributed by atoms with E-state index >= 15 is 0 Å². The summed E-state index contributed by atoms with van der Waals surface area (Å²) in [5.74, 6) is 1.86. The van der Waals surface area contributed by atoms with Gasteiger partial charge in [-0.1, -0.05) is 48.5 Å². The number of phenolic OH excluding ortho intramolecular Hbond substituents is 1. The topological polar surface area (TPSA) is 63.5 Å². The van der Waals surface area contributed by atoms with Gasteiger partial charge in [0.15, 0.2) is 0 Å². The van der Waals surface area contributed by atoms with E-state index in [0.29, 0.717) is 23.5 Å². The molecule has 4 aromatic carbocycles. The third-order valence-corrected chi connectivity index (χ3v) is 6.21. The van der Waals surface area contributed by atoms with Crippen LogP contribution in [0.2, 0.25) is 0 Å². The predicted molar refractivity (Wildman–Crippen MR) is 135 cm³/mol. The van der Waals surface area contributed by atoms with Crippen molar-refractivity contribution in [2.45, 2.75) is 12.5 Å². The summed E-state index contributed by atoms with van der Waals surface area (Å²) in [4.78, 5) is 0. The lowest BCUT2D eigenvalue weighted by Gasteiger charge is -2.25. The number of hydrazone groups is 1. The van der Waals surface area contributed by atoms with Crippen LogP contribution in [0.15, 0.2) is 84.0 Å². The molecule has 0 aliphatic carbocycles. The Morgan fingerprint density at radius 1 is 0.824 bits per heavy atom. The Bertz CT molecular complexity index is 1380. The van der Waals surface area contributed by atoms with Crippen LogP contribution in [-0.2, 0) is 0 Å². The number of nitrogens with zero attached hydrogens (tertiary/aromatic N) is 2. The minimum Gasteiger partial charge on any atom is -0.507 e. The van der Waals surface area contributed by atoms with Gasteiger partial charge in [0.25, 0.3) is 0 Å². The smallest absolute Gasteiger partial charge is 0.135 e. The highest BCUT2D eigenvalue weighted by molar-refractivity contribution is 6.08. The average Bonchev–Trinajstić information content (AvgIpc) is 3.32. The second-order valence-corrected chi connectivity index (χ2v) is 8.10. The number of hydrogen-bond acceptors (Lipinski definition) is 6. The van der Waals surface area contributed by atoms with Crippen molar-refractivity contribution in [3.05, 3.63) is 90.0 Å². The number of phenols is 1. The molecule has 0 saturated heterocycles. The van der Waals surface area contributed by atoms with Crippen molar-refractivity contribution in [3.63, 3.8) is 0 Å². The normalized spacial score (nSPS) is 15.3. The van der Waals surface area contributed by atoms with Crippen LogP contribution in [-0.4, -0.2) is 32.1 Å². The molecule has 34 heavy (non-hydrogen) atoms. The van der Waals surface area contributed by atoms with Crippen LogP contribution in [0.1, 0.15) is 23.6 Å². The number of rotatable bonds is 6. The molecule has 6 heteroatoms. The molecule has 6 nitrogen and oxygen atoms in total. The lowest BCUT2D eigenvalue weighted by molar-refractivity contribution is 0.384. The number of aromatic hydroxyl groups is 1. The van der Waals surface area contributed by atoms with Crippen LogP contribution < -0.4 is 19.2 Å². The highest BCUT2D eigenvalue weighted by atomic mass is 16.5. The standard InChI is InChI=1S/C28H26N2O4/c1-32-20-11-7-10-19(14-20)30-25(23-13-6-9-18-8-4-5-12-22(18)23)17-24(29-30)28-26(31)15-21(33-2)16-27(28)34-3/h4-16,25,31H,17H2,1-3H3. The second kappa shape index (κ2) is 8.98. The van der Waals surface area contributed by atoms with E-state index < -0.39 is 0 Å². The summed E-state index contributed by atoms with van der Waals surface area (Å²) in [6.45, 7) is 0. The number of anilines is 1. The van der Waals surface area contributed by atoms with Crippen molar-refractivity contribution in [3.8, 4) is 23.0 Å². The predicted octanol–water partition coefficient (Wildman–Crippen LogP) is 5.93. The van der Waals surface area contributed by atoms with Crippen LogP contribution in [0.25, 0.3) is 10.8 Å². The summed E-state index contributed by atoms with van der Waals surface area (Å²) in [5.41, 5.74) is 3.36. The van der Waals surface area contributed by atoms with E-state index in [9.17, 15) is 5.11 Å². The van der Waals surface area contributed by atoms with Gasteiger partial charge in [0.1, 0.15) is 23.0 Å². The number of hydrogen-bond donors (Lipinski definition) is 1. The van der Waals surface area contributed by atoms with Crippen molar-refractivity contribution in [1.82, 2.24) is 0 Å². The molecule has 4 aromatic rings. The molecule has 0 saturated carbocycles. The van der Waals surface area contributed by atoms with Crippen LogP contribution >= 0.6 is 0 Å². The fourth-order valence-electron chi connectivity index (χ4n) is 4.58. The average molecular weight is 455 g/mol. The Morgan fingerprint density at radius 2 is 1.59 bits per heavy atom. The van der Waals surface area contributed by atoms with E-state index in [1.54, 1.807) is 33.5 Å². The van der Waals surface area contributed by atoms with Gasteiger partial charge >= 0.3 is 0 Å². The van der Waals surface area contributed by atoms with Crippen molar-refractivity contribution in [1.29, 1.82) is 0 Å². The summed E-state index contributed by atoms with van der Waals surface area (Å²) in [7, 11) is 4.79. The number of fused-ring (bicyclic) bond motifs is 1. The van der Waals surface area contributed by atoms with Gasteiger partial charge in [0.05, 0.1) is 44.3 Å².